The average molecular weight is 259 g/mol. The SMILES string of the molecule is CCCCCCCCCC[NH+]1CCC(C)CC1.[F-]. The lowest BCUT2D eigenvalue weighted by Crippen LogP contribution is -3.13. The Morgan fingerprint density at radius 3 is 1.89 bits per heavy atom. The number of unbranched alkanes of at least 4 members (excludes halogenated alkanes) is 7. The number of hydrogen-bond donors (Lipinski definition) is 1. The molecule has 1 saturated heterocycles. The molecule has 0 radical (unpaired) electrons. The van der Waals surface area contributed by atoms with Gasteiger partial charge in [-0.15, -0.1) is 0 Å². The maximum atomic E-state index is 2.41. The number of nitrogens with one attached hydrogen (secondary N) is 1. The molecule has 110 valence electrons. The van der Waals surface area contributed by atoms with Crippen LogP contribution in [0.25, 0.3) is 0 Å². The van der Waals surface area contributed by atoms with Gasteiger partial charge in [-0.1, -0.05) is 52.4 Å². The number of halogens is 1. The van der Waals surface area contributed by atoms with Crippen molar-refractivity contribution in [2.24, 2.45) is 5.92 Å². The third-order valence-electron chi connectivity index (χ3n) is 4.37. The van der Waals surface area contributed by atoms with Crippen LogP contribution in [0.15, 0.2) is 0 Å². The van der Waals surface area contributed by atoms with Crippen LogP contribution in [-0.2, 0) is 0 Å². The van der Waals surface area contributed by atoms with E-state index in [2.05, 4.69) is 13.8 Å². The molecule has 1 N–H and O–H groups in total. The first-order valence-electron chi connectivity index (χ1n) is 8.16. The van der Waals surface area contributed by atoms with E-state index >= 15 is 0 Å². The Morgan fingerprint density at radius 1 is 0.833 bits per heavy atom. The largest absolute Gasteiger partial charge is 1.00 e. The highest BCUT2D eigenvalue weighted by atomic mass is 19.0. The molecule has 1 aliphatic rings. The molecular formula is C16H34FN. The molecule has 0 unspecified atom stereocenters. The van der Waals surface area contributed by atoms with Crippen LogP contribution >= 0.6 is 0 Å². The molecule has 2 heteroatoms. The molecule has 0 amide bonds. The molecule has 1 rings (SSSR count). The van der Waals surface area contributed by atoms with Crippen molar-refractivity contribution in [3.05, 3.63) is 0 Å². The maximum absolute atomic E-state index is 2.41. The lowest BCUT2D eigenvalue weighted by Gasteiger charge is -2.27. The van der Waals surface area contributed by atoms with Gasteiger partial charge in [0.05, 0.1) is 19.6 Å². The summed E-state index contributed by atoms with van der Waals surface area (Å²) >= 11 is 0. The molecular weight excluding hydrogens is 225 g/mol. The van der Waals surface area contributed by atoms with Crippen molar-refractivity contribution in [1.82, 2.24) is 0 Å². The Kier molecular flexibility index (Phi) is 11.9. The van der Waals surface area contributed by atoms with Crippen molar-refractivity contribution in [3.8, 4) is 0 Å². The minimum Gasteiger partial charge on any atom is -1.00 e. The second-order valence-corrected chi connectivity index (χ2v) is 6.16. The van der Waals surface area contributed by atoms with Gasteiger partial charge < -0.3 is 9.60 Å². The van der Waals surface area contributed by atoms with Crippen LogP contribution in [0.5, 0.6) is 0 Å². The average Bonchev–Trinajstić information content (AvgIpc) is 2.35. The Labute approximate surface area is 114 Å². The summed E-state index contributed by atoms with van der Waals surface area (Å²) in [5, 5.41) is 0. The smallest absolute Gasteiger partial charge is 0.0773 e. The van der Waals surface area contributed by atoms with Crippen LogP contribution < -0.4 is 9.60 Å². The van der Waals surface area contributed by atoms with Gasteiger partial charge >= 0.3 is 0 Å². The van der Waals surface area contributed by atoms with Gasteiger partial charge in [0.1, 0.15) is 0 Å². The Balaban J connectivity index is 0.00000289. The molecule has 0 atom stereocenters. The topological polar surface area (TPSA) is 4.44 Å². The standard InChI is InChI=1S/C16H33N.FH/c1-3-4-5-6-7-8-9-10-13-17-14-11-16(2)12-15-17;/h16H,3-15H2,1-2H3;1H. The van der Waals surface area contributed by atoms with E-state index in [1.807, 2.05) is 4.90 Å². The first kappa shape index (κ1) is 17.9. The van der Waals surface area contributed by atoms with Gasteiger partial charge in [0, 0.05) is 0 Å². The zero-order valence-corrected chi connectivity index (χ0v) is 12.6. The number of rotatable bonds is 9. The van der Waals surface area contributed by atoms with Crippen LogP contribution in [0.4, 0.5) is 0 Å². The van der Waals surface area contributed by atoms with E-state index in [9.17, 15) is 0 Å². The van der Waals surface area contributed by atoms with Crippen molar-refractivity contribution in [1.29, 1.82) is 0 Å². The van der Waals surface area contributed by atoms with E-state index in [1.54, 1.807) is 0 Å². The molecule has 1 heterocycles. The first-order valence-corrected chi connectivity index (χ1v) is 8.16. The van der Waals surface area contributed by atoms with Gasteiger partial charge in [-0.05, 0) is 31.6 Å². The minimum absolute atomic E-state index is 0. The van der Waals surface area contributed by atoms with E-state index in [0.717, 1.165) is 5.92 Å². The molecule has 1 fully saturated rings. The number of piperidine rings is 1. The number of likely N-dealkylation sites (tertiary alicyclic amines) is 1. The molecule has 0 bridgehead atoms. The predicted octanol–water partition coefficient (Wildman–Crippen LogP) is 0.446. The van der Waals surface area contributed by atoms with Crippen LogP contribution in [-0.4, -0.2) is 19.6 Å². The Bertz CT molecular complexity index is 164. The summed E-state index contributed by atoms with van der Waals surface area (Å²) < 4.78 is 0. The van der Waals surface area contributed by atoms with Crippen molar-refractivity contribution in [2.75, 3.05) is 19.6 Å². The van der Waals surface area contributed by atoms with E-state index in [4.69, 9.17) is 0 Å². The van der Waals surface area contributed by atoms with E-state index in [-0.39, 0.29) is 4.70 Å². The van der Waals surface area contributed by atoms with Crippen molar-refractivity contribution in [2.45, 2.75) is 78.1 Å². The predicted molar refractivity (Wildman–Crippen MR) is 76.6 cm³/mol. The monoisotopic (exact) mass is 259 g/mol. The number of quaternary nitrogens is 1. The highest BCUT2D eigenvalue weighted by Crippen LogP contribution is 2.09. The molecule has 1 aliphatic heterocycles. The van der Waals surface area contributed by atoms with Gasteiger partial charge in [-0.3, -0.25) is 0 Å². The maximum Gasteiger partial charge on any atom is 0.0773 e. The molecule has 0 aromatic carbocycles. The highest BCUT2D eigenvalue weighted by molar-refractivity contribution is 4.56. The fourth-order valence-electron chi connectivity index (χ4n) is 2.93. The van der Waals surface area contributed by atoms with Crippen LogP contribution in [0.1, 0.15) is 78.1 Å². The summed E-state index contributed by atoms with van der Waals surface area (Å²) in [6.07, 6.45) is 14.6. The van der Waals surface area contributed by atoms with Gasteiger partial charge in [0.25, 0.3) is 0 Å². The summed E-state index contributed by atoms with van der Waals surface area (Å²) in [6, 6.07) is 0. The third-order valence-corrected chi connectivity index (χ3v) is 4.37. The molecule has 0 aromatic heterocycles. The fraction of sp³-hybridized carbons (Fsp3) is 1.00. The fourth-order valence-corrected chi connectivity index (χ4v) is 2.93. The minimum atomic E-state index is 0. The lowest BCUT2D eigenvalue weighted by molar-refractivity contribution is -0.906. The second-order valence-electron chi connectivity index (χ2n) is 6.16. The molecule has 0 aliphatic carbocycles. The summed E-state index contributed by atoms with van der Waals surface area (Å²) in [4.78, 5) is 1.88. The summed E-state index contributed by atoms with van der Waals surface area (Å²) in [7, 11) is 0. The third kappa shape index (κ3) is 8.91. The lowest BCUT2D eigenvalue weighted by atomic mass is 9.99. The molecule has 0 saturated carbocycles. The van der Waals surface area contributed by atoms with Crippen LogP contribution in [0.3, 0.4) is 0 Å². The highest BCUT2D eigenvalue weighted by Gasteiger charge is 2.17. The zero-order chi connectivity index (χ0) is 12.3. The van der Waals surface area contributed by atoms with Gasteiger partial charge in [-0.25, -0.2) is 0 Å². The molecule has 0 aromatic rings. The number of hydrogen-bond acceptors (Lipinski definition) is 0. The summed E-state index contributed by atoms with van der Waals surface area (Å²) in [5.41, 5.74) is 0. The van der Waals surface area contributed by atoms with E-state index in [0.29, 0.717) is 0 Å². The van der Waals surface area contributed by atoms with Gasteiger partial charge in [-0.2, -0.15) is 0 Å². The van der Waals surface area contributed by atoms with E-state index in [1.165, 1.54) is 83.8 Å². The summed E-state index contributed by atoms with van der Waals surface area (Å²) in [6.45, 7) is 9.03. The zero-order valence-electron chi connectivity index (χ0n) is 12.6. The normalized spacial score (nSPS) is 23.7. The quantitative estimate of drug-likeness (QED) is 0.573. The molecule has 0 spiro atoms. The summed E-state index contributed by atoms with van der Waals surface area (Å²) in [5.74, 6) is 0.998. The second kappa shape index (κ2) is 12.0. The van der Waals surface area contributed by atoms with Crippen LogP contribution in [0, 0.1) is 5.92 Å². The van der Waals surface area contributed by atoms with Crippen molar-refractivity contribution < 1.29 is 9.60 Å². The van der Waals surface area contributed by atoms with E-state index < -0.39 is 0 Å². The van der Waals surface area contributed by atoms with Crippen molar-refractivity contribution in [3.63, 3.8) is 0 Å². The first-order chi connectivity index (χ1) is 8.33. The molecule has 1 nitrogen and oxygen atoms in total. The van der Waals surface area contributed by atoms with Gasteiger partial charge in [0.15, 0.2) is 0 Å². The molecule has 18 heavy (non-hydrogen) atoms. The van der Waals surface area contributed by atoms with Gasteiger partial charge in [0.2, 0.25) is 0 Å². The van der Waals surface area contributed by atoms with Crippen LogP contribution in [0.2, 0.25) is 0 Å². The Morgan fingerprint density at radius 2 is 1.33 bits per heavy atom. The van der Waals surface area contributed by atoms with Crippen molar-refractivity contribution >= 4 is 0 Å². The Hall–Kier alpha value is -0.110.